The highest BCUT2D eigenvalue weighted by Crippen LogP contribution is 2.19. The topological polar surface area (TPSA) is 78.9 Å². The average molecular weight is 357 g/mol. The van der Waals surface area contributed by atoms with Crippen LogP contribution in [-0.2, 0) is 19.3 Å². The highest BCUT2D eigenvalue weighted by atomic mass is 19.1. The van der Waals surface area contributed by atoms with Crippen LogP contribution in [0.2, 0.25) is 0 Å². The van der Waals surface area contributed by atoms with E-state index in [-0.39, 0.29) is 11.7 Å². The van der Waals surface area contributed by atoms with Gasteiger partial charge in [-0.2, -0.15) is 0 Å². The first kappa shape index (κ1) is 18.3. The van der Waals surface area contributed by atoms with Gasteiger partial charge in [0.15, 0.2) is 0 Å². The quantitative estimate of drug-likeness (QED) is 0.686. The minimum absolute atomic E-state index is 0.216. The van der Waals surface area contributed by atoms with Crippen LogP contribution in [0.5, 0.6) is 0 Å². The molecule has 3 N–H and O–H groups in total. The van der Waals surface area contributed by atoms with Crippen molar-refractivity contribution < 1.29 is 9.18 Å². The van der Waals surface area contributed by atoms with Gasteiger partial charge in [0.25, 0.3) is 5.91 Å². The number of nitrogens with one attached hydrogen (secondary N) is 3. The fraction of sp³-hybridized carbons (Fsp3) is 0.421. The van der Waals surface area contributed by atoms with E-state index in [1.54, 1.807) is 0 Å². The number of carbonyl (C=O) groups is 1. The third kappa shape index (κ3) is 4.54. The molecular weight excluding hydrogens is 333 g/mol. The van der Waals surface area contributed by atoms with Crippen molar-refractivity contribution in [1.29, 1.82) is 0 Å². The minimum Gasteiger partial charge on any atom is -0.368 e. The van der Waals surface area contributed by atoms with Gasteiger partial charge in [-0.15, -0.1) is 0 Å². The van der Waals surface area contributed by atoms with Gasteiger partial charge in [0.1, 0.15) is 17.5 Å². The predicted octanol–water partition coefficient (Wildman–Crippen LogP) is 1.71. The molecule has 1 aliphatic heterocycles. The number of aromatic nitrogens is 2. The number of carbonyl (C=O) groups excluding carboxylic acids is 1. The van der Waals surface area contributed by atoms with Crippen molar-refractivity contribution in [1.82, 2.24) is 20.6 Å². The number of hydrogen-bond acceptors (Lipinski definition) is 5. The number of hydrogen-bond donors (Lipinski definition) is 3. The smallest absolute Gasteiger partial charge is 0.251 e. The molecule has 1 aliphatic rings. The van der Waals surface area contributed by atoms with E-state index in [9.17, 15) is 9.18 Å². The number of benzene rings is 1. The van der Waals surface area contributed by atoms with Crippen molar-refractivity contribution in [2.75, 3.05) is 31.5 Å². The van der Waals surface area contributed by atoms with Crippen LogP contribution >= 0.6 is 0 Å². The van der Waals surface area contributed by atoms with Gasteiger partial charge in [0.05, 0.1) is 5.69 Å². The second-order valence-corrected chi connectivity index (χ2v) is 6.21. The van der Waals surface area contributed by atoms with E-state index in [4.69, 9.17) is 0 Å². The van der Waals surface area contributed by atoms with E-state index < -0.39 is 0 Å². The molecule has 1 amide bonds. The maximum atomic E-state index is 12.9. The van der Waals surface area contributed by atoms with Gasteiger partial charge < -0.3 is 16.0 Å². The fourth-order valence-corrected chi connectivity index (χ4v) is 2.96. The Morgan fingerprint density at radius 1 is 1.15 bits per heavy atom. The standard InChI is InChI=1S/C19H24FN5O/c1-2-17-24-16-8-10-21-9-7-15(16)18(25-17)22-11-12-23-19(26)13-3-5-14(20)6-4-13/h3-6,21H,2,7-12H2,1H3,(H,23,26)(H,22,24,25). The Balaban J connectivity index is 1.59. The summed E-state index contributed by atoms with van der Waals surface area (Å²) < 4.78 is 12.9. The van der Waals surface area contributed by atoms with Crippen LogP contribution in [0.4, 0.5) is 10.2 Å². The molecule has 0 aliphatic carbocycles. The van der Waals surface area contributed by atoms with Crippen LogP contribution in [0, 0.1) is 5.82 Å². The van der Waals surface area contributed by atoms with Crippen LogP contribution in [0.15, 0.2) is 24.3 Å². The molecule has 0 bridgehead atoms. The number of fused-ring (bicyclic) bond motifs is 1. The summed E-state index contributed by atoms with van der Waals surface area (Å²) in [7, 11) is 0. The molecule has 1 aromatic carbocycles. The van der Waals surface area contributed by atoms with Gasteiger partial charge in [0, 0.05) is 43.6 Å². The van der Waals surface area contributed by atoms with Gasteiger partial charge in [-0.05, 0) is 37.2 Å². The van der Waals surface area contributed by atoms with Crippen molar-refractivity contribution in [2.45, 2.75) is 26.2 Å². The predicted molar refractivity (Wildman–Crippen MR) is 98.9 cm³/mol. The van der Waals surface area contributed by atoms with Gasteiger partial charge >= 0.3 is 0 Å². The zero-order valence-corrected chi connectivity index (χ0v) is 14.9. The first-order chi connectivity index (χ1) is 12.7. The minimum atomic E-state index is -0.353. The molecule has 0 fully saturated rings. The molecule has 0 atom stereocenters. The number of anilines is 1. The van der Waals surface area contributed by atoms with Crippen molar-refractivity contribution in [2.24, 2.45) is 0 Å². The number of nitrogens with zero attached hydrogens (tertiary/aromatic N) is 2. The highest BCUT2D eigenvalue weighted by molar-refractivity contribution is 5.94. The van der Waals surface area contributed by atoms with Crippen LogP contribution in [-0.4, -0.2) is 42.1 Å². The van der Waals surface area contributed by atoms with Crippen molar-refractivity contribution in [3.63, 3.8) is 0 Å². The van der Waals surface area contributed by atoms with E-state index in [0.717, 1.165) is 55.3 Å². The van der Waals surface area contributed by atoms with Gasteiger partial charge in [0.2, 0.25) is 0 Å². The lowest BCUT2D eigenvalue weighted by molar-refractivity contribution is 0.0955. The summed E-state index contributed by atoms with van der Waals surface area (Å²) in [6.07, 6.45) is 2.58. The molecule has 2 aromatic rings. The maximum Gasteiger partial charge on any atom is 0.251 e. The maximum absolute atomic E-state index is 12.9. The molecule has 6 nitrogen and oxygen atoms in total. The first-order valence-corrected chi connectivity index (χ1v) is 9.04. The molecule has 1 aromatic heterocycles. The number of amides is 1. The lowest BCUT2D eigenvalue weighted by Crippen LogP contribution is -2.29. The highest BCUT2D eigenvalue weighted by Gasteiger charge is 2.16. The zero-order valence-electron chi connectivity index (χ0n) is 14.9. The third-order valence-electron chi connectivity index (χ3n) is 4.36. The van der Waals surface area contributed by atoms with Crippen molar-refractivity contribution in [3.8, 4) is 0 Å². The Labute approximate surface area is 152 Å². The summed E-state index contributed by atoms with van der Waals surface area (Å²) in [4.78, 5) is 21.3. The van der Waals surface area contributed by atoms with Crippen LogP contribution in [0.25, 0.3) is 0 Å². The third-order valence-corrected chi connectivity index (χ3v) is 4.36. The molecule has 2 heterocycles. The number of aryl methyl sites for hydroxylation is 1. The molecular formula is C19H24FN5O. The Morgan fingerprint density at radius 3 is 2.69 bits per heavy atom. The molecule has 0 spiro atoms. The van der Waals surface area contributed by atoms with Crippen molar-refractivity contribution in [3.05, 3.63) is 52.7 Å². The molecule has 0 radical (unpaired) electrons. The molecule has 3 rings (SSSR count). The van der Waals surface area contributed by atoms with E-state index in [2.05, 4.69) is 25.9 Å². The Morgan fingerprint density at radius 2 is 1.92 bits per heavy atom. The molecule has 26 heavy (non-hydrogen) atoms. The zero-order chi connectivity index (χ0) is 18.4. The fourth-order valence-electron chi connectivity index (χ4n) is 2.96. The van der Waals surface area contributed by atoms with Crippen LogP contribution in [0.3, 0.4) is 0 Å². The van der Waals surface area contributed by atoms with Crippen molar-refractivity contribution >= 4 is 11.7 Å². The largest absolute Gasteiger partial charge is 0.368 e. The van der Waals surface area contributed by atoms with Gasteiger partial charge in [-0.25, -0.2) is 14.4 Å². The Kier molecular flexibility index (Phi) is 6.12. The van der Waals surface area contributed by atoms with Crippen LogP contribution < -0.4 is 16.0 Å². The lowest BCUT2D eigenvalue weighted by Gasteiger charge is -2.14. The molecule has 0 unspecified atom stereocenters. The van der Waals surface area contributed by atoms with E-state index >= 15 is 0 Å². The molecule has 7 heteroatoms. The van der Waals surface area contributed by atoms with E-state index in [1.165, 1.54) is 24.3 Å². The summed E-state index contributed by atoms with van der Waals surface area (Å²) in [6, 6.07) is 5.51. The monoisotopic (exact) mass is 357 g/mol. The normalized spacial score (nSPS) is 13.6. The summed E-state index contributed by atoms with van der Waals surface area (Å²) in [6.45, 7) is 4.91. The number of rotatable bonds is 6. The van der Waals surface area contributed by atoms with E-state index in [0.29, 0.717) is 18.7 Å². The average Bonchev–Trinajstić information content (AvgIpc) is 2.90. The Hall–Kier alpha value is -2.54. The molecule has 0 saturated heterocycles. The van der Waals surface area contributed by atoms with Crippen LogP contribution in [0.1, 0.15) is 34.4 Å². The second kappa shape index (κ2) is 8.71. The van der Waals surface area contributed by atoms with Gasteiger partial charge in [-0.1, -0.05) is 6.92 Å². The summed E-state index contributed by atoms with van der Waals surface area (Å²) in [5.41, 5.74) is 2.72. The second-order valence-electron chi connectivity index (χ2n) is 6.21. The lowest BCUT2D eigenvalue weighted by atomic mass is 10.1. The molecule has 138 valence electrons. The summed E-state index contributed by atoms with van der Waals surface area (Å²) in [5.74, 6) is 1.13. The van der Waals surface area contributed by atoms with E-state index in [1.807, 2.05) is 6.92 Å². The number of halogens is 1. The summed E-state index contributed by atoms with van der Waals surface area (Å²) in [5, 5.41) is 9.55. The SMILES string of the molecule is CCc1nc2c(c(NCCNC(=O)c3ccc(F)cc3)n1)CCNCC2. The first-order valence-electron chi connectivity index (χ1n) is 9.04. The van der Waals surface area contributed by atoms with Gasteiger partial charge in [-0.3, -0.25) is 4.79 Å². The summed E-state index contributed by atoms with van der Waals surface area (Å²) >= 11 is 0. The Bertz CT molecular complexity index is 763. The molecule has 0 saturated carbocycles.